The minimum Gasteiger partial charge on any atom is -0.394 e. The first-order valence-corrected chi connectivity index (χ1v) is 13.0. The lowest BCUT2D eigenvalue weighted by atomic mass is 9.66. The fraction of sp³-hybridized carbons (Fsp3) is 0.667. The zero-order chi connectivity index (χ0) is 25.4. The highest BCUT2D eigenvalue weighted by molar-refractivity contribution is 5.99. The molecule has 1 aromatic carbocycles. The molecule has 0 aliphatic carbocycles. The SMILES string of the molecule is CCCNC(=O)[C@H]1[C@H]2C(=O)N([C@@H](CO)[C@@H](C)CC)C(C(=O)NCc3ccccc3)C23CC[C@]1(C)O3. The zero-order valence-electron chi connectivity index (χ0n) is 21.3. The highest BCUT2D eigenvalue weighted by Crippen LogP contribution is 2.63. The van der Waals surface area contributed by atoms with Gasteiger partial charge in [0.05, 0.1) is 30.1 Å². The molecule has 3 aliphatic rings. The Morgan fingerprint density at radius 3 is 2.51 bits per heavy atom. The monoisotopic (exact) mass is 485 g/mol. The summed E-state index contributed by atoms with van der Waals surface area (Å²) in [6, 6.07) is 8.17. The van der Waals surface area contributed by atoms with E-state index < -0.39 is 35.1 Å². The van der Waals surface area contributed by atoms with E-state index in [2.05, 4.69) is 10.6 Å². The molecule has 8 nitrogen and oxygen atoms in total. The number of hydrogen-bond acceptors (Lipinski definition) is 5. The summed E-state index contributed by atoms with van der Waals surface area (Å²) in [6.07, 6.45) is 2.65. The van der Waals surface area contributed by atoms with Crippen molar-refractivity contribution in [1.82, 2.24) is 15.5 Å². The number of amides is 3. The summed E-state index contributed by atoms with van der Waals surface area (Å²) in [5, 5.41) is 16.3. The molecule has 3 saturated heterocycles. The van der Waals surface area contributed by atoms with Gasteiger partial charge in [0, 0.05) is 13.1 Å². The van der Waals surface area contributed by atoms with Gasteiger partial charge in [-0.1, -0.05) is 57.5 Å². The highest BCUT2D eigenvalue weighted by atomic mass is 16.5. The van der Waals surface area contributed by atoms with Crippen LogP contribution in [0.5, 0.6) is 0 Å². The van der Waals surface area contributed by atoms with Crippen LogP contribution in [0.15, 0.2) is 30.3 Å². The average molecular weight is 486 g/mol. The van der Waals surface area contributed by atoms with Crippen molar-refractivity contribution in [3.8, 4) is 0 Å². The van der Waals surface area contributed by atoms with Crippen molar-refractivity contribution in [1.29, 1.82) is 0 Å². The second-order valence-electron chi connectivity index (χ2n) is 10.6. The van der Waals surface area contributed by atoms with Crippen LogP contribution in [0.25, 0.3) is 0 Å². The number of carbonyl (C=O) groups excluding carboxylic acids is 3. The lowest BCUT2D eigenvalue weighted by Gasteiger charge is -2.39. The van der Waals surface area contributed by atoms with E-state index in [0.717, 1.165) is 18.4 Å². The van der Waals surface area contributed by atoms with E-state index in [1.807, 2.05) is 58.0 Å². The molecule has 2 bridgehead atoms. The van der Waals surface area contributed by atoms with Crippen LogP contribution in [-0.4, -0.2) is 64.2 Å². The molecule has 3 N–H and O–H groups in total. The van der Waals surface area contributed by atoms with Crippen LogP contribution in [0.1, 0.15) is 58.9 Å². The molecular formula is C27H39N3O5. The fourth-order valence-corrected chi connectivity index (χ4v) is 6.48. The van der Waals surface area contributed by atoms with Gasteiger partial charge in [-0.2, -0.15) is 0 Å². The van der Waals surface area contributed by atoms with E-state index in [4.69, 9.17) is 4.74 Å². The van der Waals surface area contributed by atoms with Crippen LogP contribution in [0.2, 0.25) is 0 Å². The molecule has 192 valence electrons. The molecule has 2 unspecified atom stereocenters. The normalized spacial score (nSPS) is 32.9. The van der Waals surface area contributed by atoms with Crippen molar-refractivity contribution in [2.75, 3.05) is 13.2 Å². The van der Waals surface area contributed by atoms with Crippen molar-refractivity contribution < 1.29 is 24.2 Å². The van der Waals surface area contributed by atoms with Gasteiger partial charge >= 0.3 is 0 Å². The van der Waals surface area contributed by atoms with Gasteiger partial charge in [0.15, 0.2) is 0 Å². The number of nitrogens with one attached hydrogen (secondary N) is 2. The third-order valence-electron chi connectivity index (χ3n) is 8.45. The summed E-state index contributed by atoms with van der Waals surface area (Å²) in [4.78, 5) is 42.8. The maximum atomic E-state index is 14.1. The van der Waals surface area contributed by atoms with Crippen molar-refractivity contribution >= 4 is 17.7 Å². The second kappa shape index (κ2) is 9.90. The standard InChI is InChI=1S/C27H39N3O5/c1-5-14-28-23(32)20-21-25(34)30(19(16-31)17(3)6-2)22(27(21)13-12-26(20,4)35-27)24(33)29-15-18-10-8-7-9-11-18/h7-11,17,19-22,31H,5-6,12-16H2,1-4H3,(H,28,32)(H,29,33)/t17-,19-,20+,21-,22?,26-,27?/m0/s1. The van der Waals surface area contributed by atoms with E-state index in [1.54, 1.807) is 4.90 Å². The average Bonchev–Trinajstić information content (AvgIpc) is 3.43. The summed E-state index contributed by atoms with van der Waals surface area (Å²) < 4.78 is 6.61. The third kappa shape index (κ3) is 4.14. The molecule has 35 heavy (non-hydrogen) atoms. The van der Waals surface area contributed by atoms with E-state index in [9.17, 15) is 19.5 Å². The lowest BCUT2D eigenvalue weighted by molar-refractivity contribution is -0.151. The van der Waals surface area contributed by atoms with E-state index >= 15 is 0 Å². The Morgan fingerprint density at radius 2 is 1.89 bits per heavy atom. The Morgan fingerprint density at radius 1 is 1.17 bits per heavy atom. The first kappa shape index (κ1) is 25.6. The molecule has 3 heterocycles. The third-order valence-corrected chi connectivity index (χ3v) is 8.45. The van der Waals surface area contributed by atoms with Crippen LogP contribution < -0.4 is 10.6 Å². The summed E-state index contributed by atoms with van der Waals surface area (Å²) in [6.45, 7) is 8.45. The number of rotatable bonds is 10. The second-order valence-corrected chi connectivity index (χ2v) is 10.6. The molecule has 4 rings (SSSR count). The summed E-state index contributed by atoms with van der Waals surface area (Å²) >= 11 is 0. The first-order chi connectivity index (χ1) is 16.7. The minimum absolute atomic E-state index is 0.0243. The zero-order valence-corrected chi connectivity index (χ0v) is 21.3. The summed E-state index contributed by atoms with van der Waals surface area (Å²) in [5.74, 6) is -2.19. The van der Waals surface area contributed by atoms with Crippen molar-refractivity contribution in [2.45, 2.75) is 83.2 Å². The number of likely N-dealkylation sites (tertiary alicyclic amines) is 1. The number of hydrogen-bond donors (Lipinski definition) is 3. The Balaban J connectivity index is 1.72. The quantitative estimate of drug-likeness (QED) is 0.470. The number of nitrogens with zero attached hydrogens (tertiary/aromatic N) is 1. The van der Waals surface area contributed by atoms with E-state index in [1.165, 1.54) is 0 Å². The molecule has 0 saturated carbocycles. The smallest absolute Gasteiger partial charge is 0.246 e. The number of carbonyl (C=O) groups is 3. The van der Waals surface area contributed by atoms with E-state index in [-0.39, 0.29) is 30.2 Å². The van der Waals surface area contributed by atoms with Gasteiger partial charge < -0.3 is 25.4 Å². The number of ether oxygens (including phenoxy) is 1. The van der Waals surface area contributed by atoms with Gasteiger partial charge in [-0.3, -0.25) is 14.4 Å². The maximum absolute atomic E-state index is 14.1. The van der Waals surface area contributed by atoms with Crippen LogP contribution >= 0.6 is 0 Å². The van der Waals surface area contributed by atoms with Gasteiger partial charge in [0.1, 0.15) is 11.6 Å². The van der Waals surface area contributed by atoms with Gasteiger partial charge in [-0.05, 0) is 37.7 Å². The fourth-order valence-electron chi connectivity index (χ4n) is 6.48. The van der Waals surface area contributed by atoms with Crippen LogP contribution in [-0.2, 0) is 25.7 Å². The van der Waals surface area contributed by atoms with Gasteiger partial charge in [0.2, 0.25) is 17.7 Å². The molecule has 7 atom stereocenters. The topological polar surface area (TPSA) is 108 Å². The van der Waals surface area contributed by atoms with Gasteiger partial charge in [0.25, 0.3) is 0 Å². The summed E-state index contributed by atoms with van der Waals surface area (Å²) in [7, 11) is 0. The van der Waals surface area contributed by atoms with Gasteiger partial charge in [-0.25, -0.2) is 0 Å². The first-order valence-electron chi connectivity index (χ1n) is 13.0. The Hall–Kier alpha value is -2.45. The molecule has 1 aromatic rings. The molecule has 0 radical (unpaired) electrons. The highest BCUT2D eigenvalue weighted by Gasteiger charge is 2.78. The molecular weight excluding hydrogens is 446 g/mol. The molecule has 3 amide bonds. The Bertz CT molecular complexity index is 955. The van der Waals surface area contributed by atoms with Crippen molar-refractivity contribution in [3.63, 3.8) is 0 Å². The van der Waals surface area contributed by atoms with Crippen molar-refractivity contribution in [2.24, 2.45) is 17.8 Å². The molecule has 3 aliphatic heterocycles. The predicted octanol–water partition coefficient (Wildman–Crippen LogP) is 2.00. The molecule has 1 spiro atoms. The van der Waals surface area contributed by atoms with Crippen LogP contribution in [0, 0.1) is 17.8 Å². The summed E-state index contributed by atoms with van der Waals surface area (Å²) in [5.41, 5.74) is -0.929. The number of aliphatic hydroxyl groups excluding tert-OH is 1. The Kier molecular flexibility index (Phi) is 7.25. The molecule has 3 fully saturated rings. The number of benzene rings is 1. The largest absolute Gasteiger partial charge is 0.394 e. The van der Waals surface area contributed by atoms with Crippen LogP contribution in [0.3, 0.4) is 0 Å². The van der Waals surface area contributed by atoms with E-state index in [0.29, 0.717) is 25.9 Å². The van der Waals surface area contributed by atoms with Crippen molar-refractivity contribution in [3.05, 3.63) is 35.9 Å². The number of fused-ring (bicyclic) bond motifs is 1. The number of aliphatic hydroxyl groups is 1. The molecule has 0 aromatic heterocycles. The lowest BCUT2D eigenvalue weighted by Crippen LogP contribution is -2.59. The maximum Gasteiger partial charge on any atom is 0.246 e. The van der Waals surface area contributed by atoms with Crippen LogP contribution in [0.4, 0.5) is 0 Å². The Labute approximate surface area is 207 Å². The van der Waals surface area contributed by atoms with Gasteiger partial charge in [-0.15, -0.1) is 0 Å². The minimum atomic E-state index is -1.08. The predicted molar refractivity (Wildman–Crippen MR) is 131 cm³/mol. The molecule has 8 heteroatoms.